The van der Waals surface area contributed by atoms with Crippen LogP contribution in [0.1, 0.15) is 73.5 Å². The molecule has 1 aliphatic heterocycles. The summed E-state index contributed by atoms with van der Waals surface area (Å²) in [6.07, 6.45) is 0.888. The van der Waals surface area contributed by atoms with Crippen LogP contribution in [-0.4, -0.2) is 28.3 Å². The van der Waals surface area contributed by atoms with Gasteiger partial charge in [-0.05, 0) is 72.2 Å². The van der Waals surface area contributed by atoms with Gasteiger partial charge in [-0.15, -0.1) is 0 Å². The third-order valence-electron chi connectivity index (χ3n) is 7.08. The molecule has 1 saturated heterocycles. The zero-order valence-electron chi connectivity index (χ0n) is 23.2. The van der Waals surface area contributed by atoms with Crippen LogP contribution in [0.25, 0.3) is 5.76 Å². The highest BCUT2D eigenvalue weighted by atomic mass is 16.5. The van der Waals surface area contributed by atoms with Gasteiger partial charge in [0, 0.05) is 12.1 Å². The van der Waals surface area contributed by atoms with E-state index >= 15 is 0 Å². The molecular formula is C33H37NO4. The second-order valence-corrected chi connectivity index (χ2v) is 11.1. The average molecular weight is 512 g/mol. The van der Waals surface area contributed by atoms with E-state index in [1.54, 1.807) is 29.2 Å². The fourth-order valence-corrected chi connectivity index (χ4v) is 4.79. The monoisotopic (exact) mass is 511 g/mol. The van der Waals surface area contributed by atoms with Crippen LogP contribution < -0.4 is 4.74 Å². The third-order valence-corrected chi connectivity index (χ3v) is 7.08. The van der Waals surface area contributed by atoms with Gasteiger partial charge in [0.2, 0.25) is 0 Å². The molecule has 1 atom stereocenters. The molecule has 0 radical (unpaired) electrons. The first kappa shape index (κ1) is 27.2. The van der Waals surface area contributed by atoms with Gasteiger partial charge < -0.3 is 14.7 Å². The minimum atomic E-state index is -0.708. The molecule has 1 unspecified atom stereocenters. The number of aliphatic hydroxyl groups is 1. The van der Waals surface area contributed by atoms with Crippen LogP contribution in [0.5, 0.6) is 5.75 Å². The van der Waals surface area contributed by atoms with Crippen LogP contribution in [-0.2, 0) is 21.5 Å². The predicted octanol–water partition coefficient (Wildman–Crippen LogP) is 7.01. The Balaban J connectivity index is 1.82. The Kier molecular flexibility index (Phi) is 7.77. The number of carbonyl (C=O) groups is 2. The van der Waals surface area contributed by atoms with Crippen molar-refractivity contribution in [2.24, 2.45) is 0 Å². The number of hydrogen-bond acceptors (Lipinski definition) is 4. The van der Waals surface area contributed by atoms with Crippen molar-refractivity contribution < 1.29 is 19.4 Å². The summed E-state index contributed by atoms with van der Waals surface area (Å²) in [6, 6.07) is 20.4. The maximum absolute atomic E-state index is 13.5. The van der Waals surface area contributed by atoms with Crippen molar-refractivity contribution in [3.05, 3.63) is 106 Å². The molecule has 0 spiro atoms. The summed E-state index contributed by atoms with van der Waals surface area (Å²) in [7, 11) is 0. The van der Waals surface area contributed by atoms with Gasteiger partial charge in [0.15, 0.2) is 0 Å². The number of likely N-dealkylation sites (tertiary alicyclic amines) is 1. The fourth-order valence-electron chi connectivity index (χ4n) is 4.79. The summed E-state index contributed by atoms with van der Waals surface area (Å²) in [6.45, 7) is 13.3. The van der Waals surface area contributed by atoms with Crippen LogP contribution in [0.4, 0.5) is 0 Å². The number of nitrogens with zero attached hydrogens (tertiary/aromatic N) is 1. The molecule has 1 N–H and O–H groups in total. The number of ether oxygens (including phenoxy) is 1. The van der Waals surface area contributed by atoms with E-state index in [0.29, 0.717) is 17.9 Å². The predicted molar refractivity (Wildman–Crippen MR) is 151 cm³/mol. The van der Waals surface area contributed by atoms with E-state index in [9.17, 15) is 14.7 Å². The molecule has 0 bridgehead atoms. The number of hydrogen-bond donors (Lipinski definition) is 1. The van der Waals surface area contributed by atoms with Crippen LogP contribution >= 0.6 is 0 Å². The van der Waals surface area contributed by atoms with Gasteiger partial charge in [-0.1, -0.05) is 75.7 Å². The molecule has 1 fully saturated rings. The summed E-state index contributed by atoms with van der Waals surface area (Å²) in [5.41, 5.74) is 5.56. The highest BCUT2D eigenvalue weighted by Gasteiger charge is 2.46. The molecule has 0 saturated carbocycles. The van der Waals surface area contributed by atoms with Crippen LogP contribution in [0.3, 0.4) is 0 Å². The summed E-state index contributed by atoms with van der Waals surface area (Å²) < 4.78 is 5.66. The summed E-state index contributed by atoms with van der Waals surface area (Å²) >= 11 is 0. The standard InChI is InChI=1S/C33H37NO4/c1-7-18-38-27-16-12-24(13-17-27)30(35)28-29(23-10-14-26(15-11-23)33(4,5)6)34(32(37)31(28)36)20-25-19-21(2)8-9-22(25)3/h8-17,19,29,35H,7,18,20H2,1-6H3/b30-28-. The lowest BCUT2D eigenvalue weighted by molar-refractivity contribution is -0.140. The lowest BCUT2D eigenvalue weighted by atomic mass is 9.85. The Labute approximate surface area is 225 Å². The van der Waals surface area contributed by atoms with E-state index < -0.39 is 17.7 Å². The summed E-state index contributed by atoms with van der Waals surface area (Å²) in [4.78, 5) is 28.5. The quantitative estimate of drug-likeness (QED) is 0.210. The van der Waals surface area contributed by atoms with Crippen molar-refractivity contribution in [3.63, 3.8) is 0 Å². The smallest absolute Gasteiger partial charge is 0.295 e. The first-order chi connectivity index (χ1) is 18.0. The van der Waals surface area contributed by atoms with Gasteiger partial charge in [0.05, 0.1) is 18.2 Å². The van der Waals surface area contributed by atoms with Gasteiger partial charge in [-0.25, -0.2) is 0 Å². The van der Waals surface area contributed by atoms with Gasteiger partial charge in [-0.2, -0.15) is 0 Å². The van der Waals surface area contributed by atoms with Gasteiger partial charge >= 0.3 is 0 Å². The molecule has 3 aromatic carbocycles. The molecule has 4 rings (SSSR count). The van der Waals surface area contributed by atoms with E-state index in [1.807, 2.05) is 63.2 Å². The first-order valence-corrected chi connectivity index (χ1v) is 13.2. The lowest BCUT2D eigenvalue weighted by Crippen LogP contribution is -2.29. The van der Waals surface area contributed by atoms with Crippen LogP contribution in [0.2, 0.25) is 0 Å². The molecule has 0 aliphatic carbocycles. The van der Waals surface area contributed by atoms with Crippen molar-refractivity contribution in [3.8, 4) is 5.75 Å². The minimum Gasteiger partial charge on any atom is -0.507 e. The second kappa shape index (κ2) is 10.9. The van der Waals surface area contributed by atoms with Crippen molar-refractivity contribution >= 4 is 17.4 Å². The van der Waals surface area contributed by atoms with Gasteiger partial charge in [0.1, 0.15) is 11.5 Å². The molecular weight excluding hydrogens is 474 g/mol. The van der Waals surface area contributed by atoms with E-state index in [-0.39, 0.29) is 23.3 Å². The van der Waals surface area contributed by atoms with Gasteiger partial charge in [0.25, 0.3) is 11.7 Å². The van der Waals surface area contributed by atoms with E-state index in [4.69, 9.17) is 4.74 Å². The van der Waals surface area contributed by atoms with E-state index in [2.05, 4.69) is 20.8 Å². The van der Waals surface area contributed by atoms with Crippen molar-refractivity contribution in [1.82, 2.24) is 4.90 Å². The van der Waals surface area contributed by atoms with E-state index in [1.165, 1.54) is 0 Å². The van der Waals surface area contributed by atoms with Crippen molar-refractivity contribution in [1.29, 1.82) is 0 Å². The van der Waals surface area contributed by atoms with Crippen LogP contribution in [0.15, 0.2) is 72.3 Å². The molecule has 0 aromatic heterocycles. The van der Waals surface area contributed by atoms with Gasteiger partial charge in [-0.3, -0.25) is 9.59 Å². The number of benzene rings is 3. The number of rotatable bonds is 7. The summed E-state index contributed by atoms with van der Waals surface area (Å²) in [5, 5.41) is 11.4. The van der Waals surface area contributed by atoms with Crippen molar-refractivity contribution in [2.75, 3.05) is 6.61 Å². The van der Waals surface area contributed by atoms with Crippen LogP contribution in [0, 0.1) is 13.8 Å². The second-order valence-electron chi connectivity index (χ2n) is 11.1. The normalized spacial score (nSPS) is 17.2. The Morgan fingerprint density at radius 3 is 2.21 bits per heavy atom. The molecule has 5 nitrogen and oxygen atoms in total. The van der Waals surface area contributed by atoms with E-state index in [0.717, 1.165) is 34.2 Å². The largest absolute Gasteiger partial charge is 0.507 e. The zero-order valence-corrected chi connectivity index (χ0v) is 23.2. The summed E-state index contributed by atoms with van der Waals surface area (Å²) in [5.74, 6) is -0.781. The number of ketones is 1. The van der Waals surface area contributed by atoms with Crippen molar-refractivity contribution in [2.45, 2.75) is 66.0 Å². The molecule has 1 aliphatic rings. The third kappa shape index (κ3) is 5.52. The molecule has 38 heavy (non-hydrogen) atoms. The topological polar surface area (TPSA) is 66.8 Å². The zero-order chi connectivity index (χ0) is 27.6. The minimum absolute atomic E-state index is 0.0411. The maximum Gasteiger partial charge on any atom is 0.295 e. The lowest BCUT2D eigenvalue weighted by Gasteiger charge is -2.27. The Morgan fingerprint density at radius 1 is 0.947 bits per heavy atom. The average Bonchev–Trinajstić information content (AvgIpc) is 3.14. The number of Topliss-reactive ketones (excluding diaryl/α,β-unsaturated/α-hetero) is 1. The highest BCUT2D eigenvalue weighted by Crippen LogP contribution is 2.41. The molecule has 3 aromatic rings. The molecule has 1 amide bonds. The Bertz CT molecular complexity index is 1360. The molecule has 5 heteroatoms. The number of carbonyl (C=O) groups excluding carboxylic acids is 2. The SMILES string of the molecule is CCCOc1ccc(/C(O)=C2/C(=O)C(=O)N(Cc3cc(C)ccc3C)C2c2ccc(C(C)(C)C)cc2)cc1. The Hall–Kier alpha value is -3.86. The number of aryl methyl sites for hydroxylation is 2. The molecule has 1 heterocycles. The first-order valence-electron chi connectivity index (χ1n) is 13.2. The fraction of sp³-hybridized carbons (Fsp3) is 0.333. The highest BCUT2D eigenvalue weighted by molar-refractivity contribution is 6.46. The molecule has 198 valence electrons. The maximum atomic E-state index is 13.5. The Morgan fingerprint density at radius 2 is 1.61 bits per heavy atom. The number of aliphatic hydroxyl groups excluding tert-OH is 1. The number of amides is 1.